The number of thiophene rings is 1. The minimum Gasteiger partial charge on any atom is -0.333 e. The zero-order chi connectivity index (χ0) is 19.8. The summed E-state index contributed by atoms with van der Waals surface area (Å²) in [5, 5.41) is 0. The average Bonchev–Trinajstić information content (AvgIpc) is 3.06. The molecule has 0 radical (unpaired) electrons. The fraction of sp³-hybridized carbons (Fsp3) is 0.261. The van der Waals surface area contributed by atoms with Crippen LogP contribution in [0.1, 0.15) is 38.3 Å². The van der Waals surface area contributed by atoms with Gasteiger partial charge in [0.1, 0.15) is 5.82 Å². The number of rotatable bonds is 3. The highest BCUT2D eigenvalue weighted by Gasteiger charge is 2.31. The number of hydrogen-bond donors (Lipinski definition) is 0. The molecule has 0 spiro atoms. The van der Waals surface area contributed by atoms with Crippen molar-refractivity contribution in [2.75, 3.05) is 6.54 Å². The first-order valence-electron chi connectivity index (χ1n) is 9.38. The van der Waals surface area contributed by atoms with E-state index in [1.807, 2.05) is 30.9 Å². The Morgan fingerprint density at radius 2 is 1.96 bits per heavy atom. The molecule has 0 saturated carbocycles. The second kappa shape index (κ2) is 7.32. The first-order valence-corrected chi connectivity index (χ1v) is 10.2. The highest BCUT2D eigenvalue weighted by atomic mass is 32.1. The van der Waals surface area contributed by atoms with Gasteiger partial charge in [0.15, 0.2) is 0 Å². The number of nitrogens with zero attached hydrogens (tertiary/aromatic N) is 3. The Morgan fingerprint density at radius 1 is 1.18 bits per heavy atom. The van der Waals surface area contributed by atoms with Crippen molar-refractivity contribution in [2.45, 2.75) is 33.2 Å². The van der Waals surface area contributed by atoms with E-state index in [4.69, 9.17) is 0 Å². The van der Waals surface area contributed by atoms with E-state index in [2.05, 4.69) is 47.7 Å². The summed E-state index contributed by atoms with van der Waals surface area (Å²) in [4.78, 5) is 25.9. The highest BCUT2D eigenvalue weighted by molar-refractivity contribution is 7.12. The van der Waals surface area contributed by atoms with Crippen molar-refractivity contribution in [1.82, 2.24) is 14.9 Å². The molecule has 0 aliphatic carbocycles. The van der Waals surface area contributed by atoms with Crippen LogP contribution in [0.5, 0.6) is 0 Å². The van der Waals surface area contributed by atoms with Crippen LogP contribution in [0.15, 0.2) is 49.1 Å². The van der Waals surface area contributed by atoms with Gasteiger partial charge in [-0.15, -0.1) is 11.3 Å². The lowest BCUT2D eigenvalue weighted by molar-refractivity contribution is -0.127. The van der Waals surface area contributed by atoms with Gasteiger partial charge in [0, 0.05) is 33.5 Å². The van der Waals surface area contributed by atoms with Crippen LogP contribution in [0, 0.1) is 20.8 Å². The standard InChI is InChI=1S/C23H23N3OS/c1-5-23(27)26-12-20(19-11-15(3)28-22(19)13-26)17-8-6-7-9-18(17)21-10-14(2)24-16(4)25-21/h5-11,20H,1,12-13H2,2-4H3/t20-/m1/s1. The van der Waals surface area contributed by atoms with Crippen LogP contribution in [-0.4, -0.2) is 27.3 Å². The van der Waals surface area contributed by atoms with Crippen molar-refractivity contribution >= 4 is 17.2 Å². The molecule has 3 heterocycles. The molecule has 1 aliphatic heterocycles. The Bertz CT molecular complexity index is 1050. The molecule has 2 aromatic heterocycles. The van der Waals surface area contributed by atoms with Gasteiger partial charge >= 0.3 is 0 Å². The third-order valence-corrected chi connectivity index (χ3v) is 6.19. The first kappa shape index (κ1) is 18.6. The molecule has 28 heavy (non-hydrogen) atoms. The summed E-state index contributed by atoms with van der Waals surface area (Å²) in [5.74, 6) is 0.862. The van der Waals surface area contributed by atoms with Gasteiger partial charge in [0.05, 0.1) is 12.2 Å². The summed E-state index contributed by atoms with van der Waals surface area (Å²) >= 11 is 1.77. The third kappa shape index (κ3) is 3.38. The van der Waals surface area contributed by atoms with Gasteiger partial charge in [0.25, 0.3) is 0 Å². The van der Waals surface area contributed by atoms with E-state index in [-0.39, 0.29) is 11.8 Å². The minimum absolute atomic E-state index is 0.0205. The summed E-state index contributed by atoms with van der Waals surface area (Å²) in [6.07, 6.45) is 1.41. The SMILES string of the molecule is C=CC(=O)N1Cc2sc(C)cc2[C@@H](c2ccccc2-c2cc(C)nc(C)n2)C1. The van der Waals surface area contributed by atoms with Crippen LogP contribution in [0.25, 0.3) is 11.3 Å². The van der Waals surface area contributed by atoms with Crippen LogP contribution >= 0.6 is 11.3 Å². The van der Waals surface area contributed by atoms with Crippen LogP contribution in [0.4, 0.5) is 0 Å². The van der Waals surface area contributed by atoms with E-state index in [0.29, 0.717) is 13.1 Å². The van der Waals surface area contributed by atoms with Crippen molar-refractivity contribution in [3.8, 4) is 11.3 Å². The third-order valence-electron chi connectivity index (χ3n) is 5.14. The van der Waals surface area contributed by atoms with E-state index in [0.717, 1.165) is 22.8 Å². The Kier molecular flexibility index (Phi) is 4.85. The zero-order valence-corrected chi connectivity index (χ0v) is 17.2. The molecular formula is C23H23N3OS. The molecule has 1 atom stereocenters. The van der Waals surface area contributed by atoms with Crippen LogP contribution in [-0.2, 0) is 11.3 Å². The number of benzene rings is 1. The molecule has 0 saturated heterocycles. The van der Waals surface area contributed by atoms with Gasteiger partial charge in [-0.1, -0.05) is 30.8 Å². The molecule has 3 aromatic rings. The van der Waals surface area contributed by atoms with Crippen molar-refractivity contribution in [2.24, 2.45) is 0 Å². The lowest BCUT2D eigenvalue weighted by atomic mass is 9.84. The van der Waals surface area contributed by atoms with E-state index < -0.39 is 0 Å². The predicted octanol–water partition coefficient (Wildman–Crippen LogP) is 4.79. The number of hydrogen-bond acceptors (Lipinski definition) is 4. The van der Waals surface area contributed by atoms with E-state index in [1.165, 1.54) is 27.0 Å². The summed E-state index contributed by atoms with van der Waals surface area (Å²) in [5.41, 5.74) is 5.51. The second-order valence-corrected chi connectivity index (χ2v) is 8.58. The Hall–Kier alpha value is -2.79. The largest absolute Gasteiger partial charge is 0.333 e. The molecule has 1 amide bonds. The molecule has 0 fully saturated rings. The summed E-state index contributed by atoms with van der Waals surface area (Å²) in [6, 6.07) is 12.7. The molecule has 4 nitrogen and oxygen atoms in total. The van der Waals surface area contributed by atoms with Crippen LogP contribution < -0.4 is 0 Å². The summed E-state index contributed by atoms with van der Waals surface area (Å²) in [7, 11) is 0. The number of carbonyl (C=O) groups excluding carboxylic acids is 1. The average molecular weight is 390 g/mol. The zero-order valence-electron chi connectivity index (χ0n) is 16.4. The lowest BCUT2D eigenvalue weighted by Crippen LogP contribution is -2.37. The van der Waals surface area contributed by atoms with Gasteiger partial charge in [-0.3, -0.25) is 4.79 Å². The smallest absolute Gasteiger partial charge is 0.246 e. The number of amides is 1. The second-order valence-electron chi connectivity index (χ2n) is 7.24. The monoisotopic (exact) mass is 389 g/mol. The van der Waals surface area contributed by atoms with Crippen LogP contribution in [0.3, 0.4) is 0 Å². The molecule has 4 rings (SSSR count). The number of carbonyl (C=O) groups is 1. The maximum absolute atomic E-state index is 12.4. The number of aryl methyl sites for hydroxylation is 3. The molecular weight excluding hydrogens is 366 g/mol. The number of fused-ring (bicyclic) bond motifs is 1. The molecule has 142 valence electrons. The maximum Gasteiger partial charge on any atom is 0.246 e. The van der Waals surface area contributed by atoms with Gasteiger partial charge in [-0.2, -0.15) is 0 Å². The fourth-order valence-electron chi connectivity index (χ4n) is 4.01. The molecule has 1 aromatic carbocycles. The Balaban J connectivity index is 1.86. The quantitative estimate of drug-likeness (QED) is 0.605. The summed E-state index contributed by atoms with van der Waals surface area (Å²) < 4.78 is 0. The highest BCUT2D eigenvalue weighted by Crippen LogP contribution is 2.41. The van der Waals surface area contributed by atoms with Gasteiger partial charge in [0.2, 0.25) is 5.91 Å². The van der Waals surface area contributed by atoms with Gasteiger partial charge in [-0.05, 0) is 50.1 Å². The topological polar surface area (TPSA) is 46.1 Å². The lowest BCUT2D eigenvalue weighted by Gasteiger charge is -2.33. The van der Waals surface area contributed by atoms with Crippen LogP contribution in [0.2, 0.25) is 0 Å². The van der Waals surface area contributed by atoms with Crippen molar-refractivity contribution in [3.63, 3.8) is 0 Å². The summed E-state index contributed by atoms with van der Waals surface area (Å²) in [6.45, 7) is 11.0. The van der Waals surface area contributed by atoms with Crippen molar-refractivity contribution < 1.29 is 4.79 Å². The Morgan fingerprint density at radius 3 is 2.71 bits per heavy atom. The van der Waals surface area contributed by atoms with Crippen molar-refractivity contribution in [1.29, 1.82) is 0 Å². The van der Waals surface area contributed by atoms with Gasteiger partial charge < -0.3 is 4.90 Å². The molecule has 0 unspecified atom stereocenters. The fourth-order valence-corrected chi connectivity index (χ4v) is 5.12. The van der Waals surface area contributed by atoms with E-state index in [1.54, 1.807) is 11.3 Å². The van der Waals surface area contributed by atoms with Gasteiger partial charge in [-0.25, -0.2) is 9.97 Å². The van der Waals surface area contributed by atoms with E-state index in [9.17, 15) is 4.79 Å². The normalized spacial score (nSPS) is 16.0. The molecule has 0 bridgehead atoms. The molecule has 0 N–H and O–H groups in total. The van der Waals surface area contributed by atoms with E-state index >= 15 is 0 Å². The molecule has 1 aliphatic rings. The maximum atomic E-state index is 12.4. The minimum atomic E-state index is -0.0205. The Labute approximate surface area is 169 Å². The first-order chi connectivity index (χ1) is 13.5. The molecule has 5 heteroatoms. The van der Waals surface area contributed by atoms with Crippen molar-refractivity contribution in [3.05, 3.63) is 81.5 Å². The predicted molar refractivity (Wildman–Crippen MR) is 113 cm³/mol. The number of aromatic nitrogens is 2.